The Morgan fingerprint density at radius 2 is 1.94 bits per heavy atom. The van der Waals surface area contributed by atoms with Gasteiger partial charge in [0.15, 0.2) is 5.79 Å². The molecule has 9 nitrogen and oxygen atoms in total. The molecule has 0 spiro atoms. The minimum Gasteiger partial charge on any atom is -0.353 e. The summed E-state index contributed by atoms with van der Waals surface area (Å²) < 4.78 is 0. The van der Waals surface area contributed by atoms with Crippen molar-refractivity contribution < 1.29 is 0 Å². The summed E-state index contributed by atoms with van der Waals surface area (Å²) in [5.41, 5.74) is 7.78. The molecular formula is C22H37N9. The largest absolute Gasteiger partial charge is 0.353 e. The molecule has 0 bridgehead atoms. The van der Waals surface area contributed by atoms with E-state index in [1.807, 2.05) is 18.2 Å². The Morgan fingerprint density at radius 1 is 1.13 bits per heavy atom. The van der Waals surface area contributed by atoms with Crippen molar-refractivity contribution in [2.24, 2.45) is 21.6 Å². The molecule has 2 aliphatic heterocycles. The number of hydrogen-bond acceptors (Lipinski definition) is 9. The monoisotopic (exact) mass is 427 g/mol. The van der Waals surface area contributed by atoms with Crippen LogP contribution in [0.4, 0.5) is 0 Å². The summed E-state index contributed by atoms with van der Waals surface area (Å²) in [5.74, 6) is 0.753. The molecule has 1 atom stereocenters. The lowest BCUT2D eigenvalue weighted by atomic mass is 9.84. The van der Waals surface area contributed by atoms with Gasteiger partial charge in [-0.15, -0.1) is 0 Å². The minimum atomic E-state index is -0.829. The summed E-state index contributed by atoms with van der Waals surface area (Å²) >= 11 is 0. The second kappa shape index (κ2) is 10.4. The van der Waals surface area contributed by atoms with Crippen LogP contribution < -0.4 is 21.7 Å². The van der Waals surface area contributed by atoms with Gasteiger partial charge in [0, 0.05) is 51.4 Å². The van der Waals surface area contributed by atoms with Gasteiger partial charge in [0.05, 0.1) is 12.2 Å². The fraction of sp³-hybridized carbons (Fsp3) is 0.682. The van der Waals surface area contributed by atoms with E-state index >= 15 is 0 Å². The van der Waals surface area contributed by atoms with Gasteiger partial charge in [-0.05, 0) is 32.0 Å². The average molecular weight is 428 g/mol. The molecule has 2 fully saturated rings. The molecule has 170 valence electrons. The maximum Gasteiger partial charge on any atom is 0.224 e. The third kappa shape index (κ3) is 6.15. The Morgan fingerprint density at radius 3 is 2.68 bits per heavy atom. The van der Waals surface area contributed by atoms with Gasteiger partial charge in [0.2, 0.25) is 11.9 Å². The molecule has 1 saturated carbocycles. The topological polar surface area (TPSA) is 106 Å². The van der Waals surface area contributed by atoms with Crippen molar-refractivity contribution in [1.29, 1.82) is 0 Å². The average Bonchev–Trinajstić information content (AvgIpc) is 2.80. The number of rotatable bonds is 6. The Bertz CT molecular complexity index is 752. The predicted octanol–water partition coefficient (Wildman–Crippen LogP) is 0.516. The molecule has 0 amide bonds. The quantitative estimate of drug-likeness (QED) is 0.524. The van der Waals surface area contributed by atoms with Crippen LogP contribution in [0.5, 0.6) is 0 Å². The summed E-state index contributed by atoms with van der Waals surface area (Å²) in [6.07, 6.45) is 7.69. The Kier molecular flexibility index (Phi) is 7.37. The molecule has 1 aliphatic carbocycles. The molecule has 0 radical (unpaired) electrons. The lowest BCUT2D eigenvalue weighted by molar-refractivity contribution is 0.156. The van der Waals surface area contributed by atoms with E-state index in [4.69, 9.17) is 10.7 Å². The molecule has 5 N–H and O–H groups in total. The van der Waals surface area contributed by atoms with Gasteiger partial charge in [-0.25, -0.2) is 4.99 Å². The van der Waals surface area contributed by atoms with Crippen LogP contribution in [-0.2, 0) is 6.54 Å². The van der Waals surface area contributed by atoms with Crippen LogP contribution in [0, 0.1) is 5.92 Å². The van der Waals surface area contributed by atoms with Gasteiger partial charge < -0.3 is 20.9 Å². The zero-order valence-corrected chi connectivity index (χ0v) is 18.7. The number of hydrogen-bond donors (Lipinski definition) is 4. The normalized spacial score (nSPS) is 26.0. The second-order valence-corrected chi connectivity index (χ2v) is 8.93. The zero-order chi connectivity index (χ0) is 21.5. The first-order valence-corrected chi connectivity index (χ1v) is 11.6. The summed E-state index contributed by atoms with van der Waals surface area (Å²) in [7, 11) is 2.18. The molecule has 31 heavy (non-hydrogen) atoms. The third-order valence-electron chi connectivity index (χ3n) is 6.52. The van der Waals surface area contributed by atoms with Crippen molar-refractivity contribution in [2.45, 2.75) is 44.4 Å². The standard InChI is InChI=1S/C22H37N9/c1-30-13-15-31(16-14-30)12-11-25-20-27-21(26-17-19-9-5-6-10-24-19)29-22(23,28-20)18-7-3-2-4-8-18/h5-6,9-10,18H,2-4,7-8,11-17,23H2,1H3,(H3,25,26,27,28,29). The van der Waals surface area contributed by atoms with Crippen molar-refractivity contribution in [3.8, 4) is 0 Å². The highest BCUT2D eigenvalue weighted by molar-refractivity contribution is 5.97. The first-order valence-electron chi connectivity index (χ1n) is 11.6. The van der Waals surface area contributed by atoms with Crippen molar-refractivity contribution in [3.63, 3.8) is 0 Å². The number of guanidine groups is 2. The summed E-state index contributed by atoms with van der Waals surface area (Å²) in [4.78, 5) is 18.8. The fourth-order valence-electron chi connectivity index (χ4n) is 4.52. The van der Waals surface area contributed by atoms with Crippen LogP contribution in [0.25, 0.3) is 0 Å². The molecule has 1 aromatic rings. The molecule has 0 aromatic carbocycles. The number of piperazine rings is 1. The van der Waals surface area contributed by atoms with Crippen molar-refractivity contribution in [2.75, 3.05) is 46.3 Å². The molecule has 4 rings (SSSR count). The molecule has 1 aromatic heterocycles. The number of pyridine rings is 1. The van der Waals surface area contributed by atoms with E-state index in [2.05, 4.69) is 42.8 Å². The summed E-state index contributed by atoms with van der Waals surface area (Å²) in [6.45, 7) is 6.83. The Labute approximate surface area is 185 Å². The van der Waals surface area contributed by atoms with Crippen LogP contribution in [-0.4, -0.2) is 78.8 Å². The van der Waals surface area contributed by atoms with Gasteiger partial charge >= 0.3 is 0 Å². The summed E-state index contributed by atoms with van der Waals surface area (Å²) in [5, 5.41) is 10.2. The minimum absolute atomic E-state index is 0.304. The molecule has 3 heterocycles. The van der Waals surface area contributed by atoms with Gasteiger partial charge in [-0.2, -0.15) is 4.99 Å². The van der Waals surface area contributed by atoms with Crippen LogP contribution in [0.3, 0.4) is 0 Å². The van der Waals surface area contributed by atoms with Crippen LogP contribution >= 0.6 is 0 Å². The van der Waals surface area contributed by atoms with Gasteiger partial charge in [-0.1, -0.05) is 25.3 Å². The van der Waals surface area contributed by atoms with Crippen LogP contribution in [0.15, 0.2) is 34.4 Å². The lowest BCUT2D eigenvalue weighted by Crippen LogP contribution is -2.65. The number of likely N-dealkylation sites (N-methyl/N-ethyl adjacent to an activating group) is 1. The SMILES string of the molecule is CN1CCN(CCNC2=NC(N)(C3CCCCC3)NC(NCc3ccccn3)=N2)CC1. The van der Waals surface area contributed by atoms with E-state index in [0.29, 0.717) is 24.4 Å². The van der Waals surface area contributed by atoms with Gasteiger partial charge in [0.1, 0.15) is 0 Å². The van der Waals surface area contributed by atoms with Crippen molar-refractivity contribution in [3.05, 3.63) is 30.1 Å². The maximum atomic E-state index is 6.82. The van der Waals surface area contributed by atoms with Gasteiger partial charge in [0.25, 0.3) is 0 Å². The first kappa shape index (κ1) is 22.0. The van der Waals surface area contributed by atoms with E-state index in [-0.39, 0.29) is 0 Å². The molecule has 3 aliphatic rings. The Hall–Kier alpha value is -2.23. The number of nitrogens with one attached hydrogen (secondary N) is 3. The number of nitrogens with zero attached hydrogens (tertiary/aromatic N) is 5. The van der Waals surface area contributed by atoms with E-state index in [0.717, 1.165) is 57.8 Å². The number of aromatic nitrogens is 1. The highest BCUT2D eigenvalue weighted by Crippen LogP contribution is 2.31. The lowest BCUT2D eigenvalue weighted by Gasteiger charge is -2.40. The molecule has 9 heteroatoms. The van der Waals surface area contributed by atoms with Crippen molar-refractivity contribution in [1.82, 2.24) is 30.7 Å². The summed E-state index contributed by atoms with van der Waals surface area (Å²) in [6, 6.07) is 5.90. The Balaban J connectivity index is 1.39. The highest BCUT2D eigenvalue weighted by atomic mass is 15.4. The van der Waals surface area contributed by atoms with E-state index in [1.54, 1.807) is 6.20 Å². The van der Waals surface area contributed by atoms with E-state index in [9.17, 15) is 0 Å². The number of aliphatic imine (C=N–C) groups is 2. The molecule has 1 saturated heterocycles. The third-order valence-corrected chi connectivity index (χ3v) is 6.52. The second-order valence-electron chi connectivity index (χ2n) is 8.93. The number of nitrogens with two attached hydrogens (primary N) is 1. The zero-order valence-electron chi connectivity index (χ0n) is 18.7. The molecular weight excluding hydrogens is 390 g/mol. The highest BCUT2D eigenvalue weighted by Gasteiger charge is 2.39. The van der Waals surface area contributed by atoms with Crippen LogP contribution in [0.2, 0.25) is 0 Å². The smallest absolute Gasteiger partial charge is 0.224 e. The van der Waals surface area contributed by atoms with Crippen molar-refractivity contribution >= 4 is 11.9 Å². The predicted molar refractivity (Wildman–Crippen MR) is 125 cm³/mol. The molecule has 1 unspecified atom stereocenters. The maximum absolute atomic E-state index is 6.82. The van der Waals surface area contributed by atoms with Gasteiger partial charge in [-0.3, -0.25) is 15.6 Å². The van der Waals surface area contributed by atoms with E-state index < -0.39 is 5.79 Å². The first-order chi connectivity index (χ1) is 15.1. The van der Waals surface area contributed by atoms with Crippen LogP contribution in [0.1, 0.15) is 37.8 Å². The fourth-order valence-corrected chi connectivity index (χ4v) is 4.52. The van der Waals surface area contributed by atoms with E-state index in [1.165, 1.54) is 19.3 Å².